The van der Waals surface area contributed by atoms with Crippen molar-refractivity contribution in [3.05, 3.63) is 119 Å². The minimum absolute atomic E-state index is 0.857. The molecule has 0 radical (unpaired) electrons. The summed E-state index contributed by atoms with van der Waals surface area (Å²) < 4.78 is 0. The largest absolute Gasteiger partial charge is 0.341 e. The fraction of sp³-hybridized carbons (Fsp3) is 0.207. The summed E-state index contributed by atoms with van der Waals surface area (Å²) in [7, 11) is 2.18. The molecule has 0 bridgehead atoms. The van der Waals surface area contributed by atoms with Crippen LogP contribution in [-0.4, -0.2) is 28.5 Å². The Balaban J connectivity index is 1.29. The van der Waals surface area contributed by atoms with Crippen LogP contribution in [-0.2, 0) is 19.4 Å². The summed E-state index contributed by atoms with van der Waals surface area (Å²) in [5.74, 6) is 0.933. The molecular weight excluding hydrogens is 390 g/mol. The highest BCUT2D eigenvalue weighted by Crippen LogP contribution is 2.33. The summed E-state index contributed by atoms with van der Waals surface area (Å²) in [6.45, 7) is 1.85. The van der Waals surface area contributed by atoms with Crippen LogP contribution in [0, 0.1) is 0 Å². The first kappa shape index (κ1) is 20.5. The third-order valence-electron chi connectivity index (χ3n) is 6.25. The molecule has 1 aromatic heterocycles. The number of nitrogens with zero attached hydrogens (tertiary/aromatic N) is 2. The average Bonchev–Trinajstić information content (AvgIpc) is 3.24. The fourth-order valence-electron chi connectivity index (χ4n) is 4.62. The molecule has 0 atom stereocenters. The van der Waals surface area contributed by atoms with Crippen molar-refractivity contribution in [2.75, 3.05) is 13.6 Å². The van der Waals surface area contributed by atoms with Crippen LogP contribution in [0.2, 0.25) is 0 Å². The normalized spacial score (nSPS) is 12.9. The van der Waals surface area contributed by atoms with Gasteiger partial charge in [0.25, 0.3) is 0 Å². The van der Waals surface area contributed by atoms with Crippen molar-refractivity contribution in [3.63, 3.8) is 0 Å². The maximum absolute atomic E-state index is 4.56. The molecule has 0 unspecified atom stereocenters. The van der Waals surface area contributed by atoms with E-state index in [0.29, 0.717) is 0 Å². The lowest BCUT2D eigenvalue weighted by Gasteiger charge is -2.16. The second-order valence-corrected chi connectivity index (χ2v) is 8.58. The zero-order valence-electron chi connectivity index (χ0n) is 18.6. The Labute approximate surface area is 190 Å². The van der Waals surface area contributed by atoms with Crippen molar-refractivity contribution in [1.29, 1.82) is 0 Å². The van der Waals surface area contributed by atoms with Gasteiger partial charge in [0, 0.05) is 30.5 Å². The van der Waals surface area contributed by atoms with Gasteiger partial charge < -0.3 is 9.88 Å². The minimum atomic E-state index is 0.857. The number of nitrogens with one attached hydrogen (secondary N) is 1. The van der Waals surface area contributed by atoms with E-state index in [9.17, 15) is 0 Å². The van der Waals surface area contributed by atoms with Crippen molar-refractivity contribution < 1.29 is 0 Å². The second kappa shape index (κ2) is 9.37. The number of H-pyrrole nitrogens is 1. The molecule has 32 heavy (non-hydrogen) atoms. The standard InChI is InChI=1S/C29H29N3/c1-32(21-25-20-30-29(31-25)24-12-3-2-4-13-24)19-9-16-28-26-14-7-5-10-22(26)17-18-23-11-6-8-15-27(23)28/h2-8,10-16,20H,9,17-19,21H2,1H3,(H,30,31). The first-order valence-corrected chi connectivity index (χ1v) is 11.4. The van der Waals surface area contributed by atoms with E-state index in [1.54, 1.807) is 0 Å². The molecule has 1 N–H and O–H groups in total. The van der Waals surface area contributed by atoms with Gasteiger partial charge >= 0.3 is 0 Å². The summed E-state index contributed by atoms with van der Waals surface area (Å²) >= 11 is 0. The van der Waals surface area contributed by atoms with Crippen LogP contribution in [0.15, 0.2) is 91.1 Å². The van der Waals surface area contributed by atoms with E-state index < -0.39 is 0 Å². The molecule has 1 aliphatic carbocycles. The Morgan fingerprint density at radius 1 is 0.844 bits per heavy atom. The molecule has 0 fully saturated rings. The van der Waals surface area contributed by atoms with E-state index in [1.807, 2.05) is 24.4 Å². The van der Waals surface area contributed by atoms with Gasteiger partial charge in [-0.3, -0.25) is 0 Å². The summed E-state index contributed by atoms with van der Waals surface area (Å²) in [4.78, 5) is 10.4. The summed E-state index contributed by atoms with van der Waals surface area (Å²) in [5, 5.41) is 0. The van der Waals surface area contributed by atoms with Crippen molar-refractivity contribution >= 4 is 5.57 Å². The van der Waals surface area contributed by atoms with Crippen LogP contribution >= 0.6 is 0 Å². The molecule has 0 aliphatic heterocycles. The number of rotatable bonds is 6. The zero-order valence-corrected chi connectivity index (χ0v) is 18.6. The first-order chi connectivity index (χ1) is 15.8. The predicted molar refractivity (Wildman–Crippen MR) is 132 cm³/mol. The zero-order chi connectivity index (χ0) is 21.8. The second-order valence-electron chi connectivity index (χ2n) is 8.58. The SMILES string of the molecule is CN(CCC=C1c2ccccc2CCc2ccccc21)Cc1cnc(-c2ccccc2)[nH]1. The molecule has 0 amide bonds. The Kier molecular flexibility index (Phi) is 6.00. The van der Waals surface area contributed by atoms with Gasteiger partial charge in [0.2, 0.25) is 0 Å². The van der Waals surface area contributed by atoms with E-state index in [2.05, 4.69) is 88.7 Å². The molecule has 3 nitrogen and oxygen atoms in total. The van der Waals surface area contributed by atoms with Crippen LogP contribution < -0.4 is 0 Å². The molecule has 1 aliphatic rings. The molecule has 3 aromatic carbocycles. The van der Waals surface area contributed by atoms with Gasteiger partial charge in [-0.05, 0) is 54.1 Å². The molecule has 160 valence electrons. The molecule has 0 saturated heterocycles. The Hall–Kier alpha value is -3.43. The van der Waals surface area contributed by atoms with E-state index in [4.69, 9.17) is 0 Å². The number of benzene rings is 3. The van der Waals surface area contributed by atoms with Gasteiger partial charge in [0.1, 0.15) is 5.82 Å². The predicted octanol–water partition coefficient (Wildman–Crippen LogP) is 6.13. The topological polar surface area (TPSA) is 31.9 Å². The maximum atomic E-state index is 4.56. The summed E-state index contributed by atoms with van der Waals surface area (Å²) in [6.07, 6.45) is 7.60. The minimum Gasteiger partial charge on any atom is -0.341 e. The molecule has 5 rings (SSSR count). The highest BCUT2D eigenvalue weighted by molar-refractivity contribution is 5.83. The number of aryl methyl sites for hydroxylation is 2. The Bertz CT molecular complexity index is 1170. The van der Waals surface area contributed by atoms with E-state index in [-0.39, 0.29) is 0 Å². The lowest BCUT2D eigenvalue weighted by atomic mass is 9.93. The molecular formula is C29H29N3. The van der Waals surface area contributed by atoms with Gasteiger partial charge in [-0.25, -0.2) is 4.98 Å². The van der Waals surface area contributed by atoms with E-state index in [1.165, 1.54) is 27.8 Å². The molecule has 3 heteroatoms. The third-order valence-corrected chi connectivity index (χ3v) is 6.25. The van der Waals surface area contributed by atoms with Crippen LogP contribution in [0.3, 0.4) is 0 Å². The van der Waals surface area contributed by atoms with Crippen molar-refractivity contribution in [1.82, 2.24) is 14.9 Å². The summed E-state index contributed by atoms with van der Waals surface area (Å²) in [6, 6.07) is 28.1. The maximum Gasteiger partial charge on any atom is 0.137 e. The van der Waals surface area contributed by atoms with Gasteiger partial charge in [-0.2, -0.15) is 0 Å². The quantitative estimate of drug-likeness (QED) is 0.408. The molecule has 1 heterocycles. The Morgan fingerprint density at radius 2 is 1.47 bits per heavy atom. The molecule has 0 saturated carbocycles. The fourth-order valence-corrected chi connectivity index (χ4v) is 4.62. The third kappa shape index (κ3) is 4.44. The van der Waals surface area contributed by atoms with Gasteiger partial charge in [-0.15, -0.1) is 0 Å². The van der Waals surface area contributed by atoms with Crippen LogP contribution in [0.1, 0.15) is 34.4 Å². The molecule has 4 aromatic rings. The highest BCUT2D eigenvalue weighted by Gasteiger charge is 2.17. The van der Waals surface area contributed by atoms with Crippen molar-refractivity contribution in [2.45, 2.75) is 25.8 Å². The number of fused-ring (bicyclic) bond motifs is 2. The van der Waals surface area contributed by atoms with Crippen LogP contribution in [0.4, 0.5) is 0 Å². The van der Waals surface area contributed by atoms with Gasteiger partial charge in [-0.1, -0.05) is 84.9 Å². The number of aromatic amines is 1. The van der Waals surface area contributed by atoms with Crippen molar-refractivity contribution in [2.24, 2.45) is 0 Å². The number of hydrogen-bond acceptors (Lipinski definition) is 2. The van der Waals surface area contributed by atoms with E-state index in [0.717, 1.165) is 49.4 Å². The van der Waals surface area contributed by atoms with E-state index >= 15 is 0 Å². The lowest BCUT2D eigenvalue weighted by molar-refractivity contribution is 0.330. The van der Waals surface area contributed by atoms with Gasteiger partial charge in [0.15, 0.2) is 0 Å². The number of imidazole rings is 1. The lowest BCUT2D eigenvalue weighted by Crippen LogP contribution is -2.19. The Morgan fingerprint density at radius 3 is 2.16 bits per heavy atom. The molecule has 0 spiro atoms. The number of hydrogen-bond donors (Lipinski definition) is 1. The summed E-state index contributed by atoms with van der Waals surface area (Å²) in [5.41, 5.74) is 9.33. The van der Waals surface area contributed by atoms with Gasteiger partial charge in [0.05, 0.1) is 0 Å². The average molecular weight is 420 g/mol. The highest BCUT2D eigenvalue weighted by atomic mass is 15.1. The smallest absolute Gasteiger partial charge is 0.137 e. The van der Waals surface area contributed by atoms with Crippen molar-refractivity contribution in [3.8, 4) is 11.4 Å². The monoisotopic (exact) mass is 419 g/mol. The van der Waals surface area contributed by atoms with Crippen LogP contribution in [0.5, 0.6) is 0 Å². The first-order valence-electron chi connectivity index (χ1n) is 11.4. The number of aromatic nitrogens is 2. The van der Waals surface area contributed by atoms with Crippen LogP contribution in [0.25, 0.3) is 17.0 Å².